The van der Waals surface area contributed by atoms with Crippen molar-refractivity contribution in [1.29, 1.82) is 0 Å². The Hall–Kier alpha value is -0.120. The summed E-state index contributed by atoms with van der Waals surface area (Å²) in [7, 11) is 0. The molecule has 2 atom stereocenters. The fourth-order valence-corrected chi connectivity index (χ4v) is 0.831. The van der Waals surface area contributed by atoms with Crippen LogP contribution in [0.25, 0.3) is 0 Å². The second-order valence-corrected chi connectivity index (χ2v) is 2.55. The van der Waals surface area contributed by atoms with Crippen molar-refractivity contribution in [2.45, 2.75) is 32.7 Å². The van der Waals surface area contributed by atoms with E-state index in [9.17, 15) is 0 Å². The summed E-state index contributed by atoms with van der Waals surface area (Å²) in [5.74, 6) is 0. The van der Waals surface area contributed by atoms with Crippen LogP contribution in [-0.4, -0.2) is 25.6 Å². The van der Waals surface area contributed by atoms with Crippen LogP contribution in [0.4, 0.5) is 0 Å². The third-order valence-electron chi connectivity index (χ3n) is 1.52. The minimum Gasteiger partial charge on any atom is -0.373 e. The van der Waals surface area contributed by atoms with Gasteiger partial charge in [-0.25, -0.2) is 0 Å². The Bertz CT molecular complexity index is 102. The maximum atomic E-state index is 5.30. The molecular formula is C8H15O3. The van der Waals surface area contributed by atoms with Crippen LogP contribution in [0.3, 0.4) is 0 Å². The molecule has 1 aliphatic heterocycles. The van der Waals surface area contributed by atoms with E-state index in [1.165, 1.54) is 0 Å². The molecule has 0 N–H and O–H groups in total. The molecule has 0 aliphatic carbocycles. The largest absolute Gasteiger partial charge is 0.373 e. The highest BCUT2D eigenvalue weighted by molar-refractivity contribution is 4.67. The standard InChI is InChI=1S/C8H15O3/c1-3-9-7(2)10-5-4-8-6-11-8/h3,7-8H,4-6H2,1-2H3. The van der Waals surface area contributed by atoms with Crippen molar-refractivity contribution >= 4 is 0 Å². The highest BCUT2D eigenvalue weighted by Crippen LogP contribution is 2.13. The first-order valence-electron chi connectivity index (χ1n) is 3.99. The van der Waals surface area contributed by atoms with Crippen LogP contribution in [0, 0.1) is 6.61 Å². The van der Waals surface area contributed by atoms with E-state index in [1.54, 1.807) is 6.61 Å². The molecule has 0 spiro atoms. The van der Waals surface area contributed by atoms with Crippen molar-refractivity contribution in [2.75, 3.05) is 13.2 Å². The summed E-state index contributed by atoms with van der Waals surface area (Å²) in [4.78, 5) is 0. The smallest absolute Gasteiger partial charge is 0.155 e. The minimum absolute atomic E-state index is 0.126. The molecule has 1 fully saturated rings. The van der Waals surface area contributed by atoms with Crippen molar-refractivity contribution in [3.8, 4) is 0 Å². The van der Waals surface area contributed by atoms with Crippen molar-refractivity contribution in [1.82, 2.24) is 0 Å². The van der Waals surface area contributed by atoms with Gasteiger partial charge >= 0.3 is 0 Å². The lowest BCUT2D eigenvalue weighted by Gasteiger charge is -2.11. The Kier molecular flexibility index (Phi) is 3.83. The molecule has 0 saturated carbocycles. The number of epoxide rings is 1. The van der Waals surface area contributed by atoms with Crippen molar-refractivity contribution in [3.63, 3.8) is 0 Å². The van der Waals surface area contributed by atoms with E-state index in [0.29, 0.717) is 6.10 Å². The van der Waals surface area contributed by atoms with Gasteiger partial charge in [0.05, 0.1) is 25.9 Å². The maximum absolute atomic E-state index is 5.30. The van der Waals surface area contributed by atoms with E-state index in [1.807, 2.05) is 13.8 Å². The van der Waals surface area contributed by atoms with Gasteiger partial charge in [0.15, 0.2) is 6.29 Å². The molecular weight excluding hydrogens is 144 g/mol. The van der Waals surface area contributed by atoms with Crippen LogP contribution in [0.1, 0.15) is 20.3 Å². The van der Waals surface area contributed by atoms with Gasteiger partial charge in [-0.3, -0.25) is 0 Å². The van der Waals surface area contributed by atoms with Crippen LogP contribution >= 0.6 is 0 Å². The highest BCUT2D eigenvalue weighted by atomic mass is 16.7. The van der Waals surface area contributed by atoms with Crippen molar-refractivity contribution in [2.24, 2.45) is 0 Å². The monoisotopic (exact) mass is 159 g/mol. The average Bonchev–Trinajstić information content (AvgIpc) is 2.72. The van der Waals surface area contributed by atoms with E-state index in [4.69, 9.17) is 14.2 Å². The second kappa shape index (κ2) is 4.70. The lowest BCUT2D eigenvalue weighted by atomic mass is 10.3. The van der Waals surface area contributed by atoms with Crippen molar-refractivity contribution in [3.05, 3.63) is 6.61 Å². The number of rotatable bonds is 6. The van der Waals surface area contributed by atoms with Gasteiger partial charge in [0.2, 0.25) is 0 Å². The zero-order valence-corrected chi connectivity index (χ0v) is 7.08. The number of ether oxygens (including phenoxy) is 3. The summed E-state index contributed by atoms with van der Waals surface area (Å²) in [6, 6.07) is 0. The maximum Gasteiger partial charge on any atom is 0.155 e. The molecule has 3 heteroatoms. The molecule has 65 valence electrons. The second-order valence-electron chi connectivity index (χ2n) is 2.55. The molecule has 0 amide bonds. The summed E-state index contributed by atoms with van der Waals surface area (Å²) >= 11 is 0. The van der Waals surface area contributed by atoms with Crippen molar-refractivity contribution < 1.29 is 14.2 Å². The Morgan fingerprint density at radius 2 is 2.45 bits per heavy atom. The van der Waals surface area contributed by atoms with E-state index >= 15 is 0 Å². The zero-order valence-electron chi connectivity index (χ0n) is 7.08. The lowest BCUT2D eigenvalue weighted by Crippen LogP contribution is -2.12. The Morgan fingerprint density at radius 3 is 3.00 bits per heavy atom. The van der Waals surface area contributed by atoms with Gasteiger partial charge in [-0.1, -0.05) is 0 Å². The van der Waals surface area contributed by atoms with Crippen LogP contribution in [-0.2, 0) is 14.2 Å². The molecule has 1 heterocycles. The topological polar surface area (TPSA) is 31.0 Å². The van der Waals surface area contributed by atoms with Gasteiger partial charge in [-0.05, 0) is 20.3 Å². The fourth-order valence-electron chi connectivity index (χ4n) is 0.831. The van der Waals surface area contributed by atoms with Gasteiger partial charge in [0.25, 0.3) is 0 Å². The first-order chi connectivity index (χ1) is 5.33. The Balaban J connectivity index is 1.84. The van der Waals surface area contributed by atoms with Crippen LogP contribution in [0.2, 0.25) is 0 Å². The summed E-state index contributed by atoms with van der Waals surface area (Å²) in [6.07, 6.45) is 1.31. The van der Waals surface area contributed by atoms with E-state index in [0.717, 1.165) is 19.6 Å². The molecule has 1 saturated heterocycles. The third-order valence-corrected chi connectivity index (χ3v) is 1.52. The van der Waals surface area contributed by atoms with Crippen LogP contribution in [0.15, 0.2) is 0 Å². The molecule has 0 aromatic rings. The minimum atomic E-state index is -0.126. The first-order valence-corrected chi connectivity index (χ1v) is 3.99. The predicted octanol–water partition coefficient (Wildman–Crippen LogP) is 1.34. The van der Waals surface area contributed by atoms with Gasteiger partial charge in [0.1, 0.15) is 0 Å². The normalized spacial score (nSPS) is 25.1. The van der Waals surface area contributed by atoms with E-state index in [2.05, 4.69) is 0 Å². The molecule has 1 rings (SSSR count). The van der Waals surface area contributed by atoms with Crippen LogP contribution < -0.4 is 0 Å². The molecule has 2 unspecified atom stereocenters. The van der Waals surface area contributed by atoms with E-state index < -0.39 is 0 Å². The third kappa shape index (κ3) is 4.35. The van der Waals surface area contributed by atoms with Gasteiger partial charge in [0, 0.05) is 0 Å². The SMILES string of the molecule is C[CH]OC(C)OCCC1CO1. The van der Waals surface area contributed by atoms with Gasteiger partial charge in [-0.15, -0.1) is 0 Å². The molecule has 1 radical (unpaired) electrons. The number of hydrogen-bond donors (Lipinski definition) is 0. The summed E-state index contributed by atoms with van der Waals surface area (Å²) in [6.45, 7) is 6.98. The molecule has 0 bridgehead atoms. The van der Waals surface area contributed by atoms with Gasteiger partial charge in [-0.2, -0.15) is 0 Å². The van der Waals surface area contributed by atoms with Crippen LogP contribution in [0.5, 0.6) is 0 Å². The molecule has 1 aliphatic rings. The highest BCUT2D eigenvalue weighted by Gasteiger charge is 2.21. The predicted molar refractivity (Wildman–Crippen MR) is 40.8 cm³/mol. The quantitative estimate of drug-likeness (QED) is 0.433. The molecule has 0 aromatic carbocycles. The lowest BCUT2D eigenvalue weighted by molar-refractivity contribution is -0.108. The summed E-state index contributed by atoms with van der Waals surface area (Å²) in [5.41, 5.74) is 0. The Morgan fingerprint density at radius 1 is 1.73 bits per heavy atom. The number of hydrogen-bond acceptors (Lipinski definition) is 3. The summed E-state index contributed by atoms with van der Waals surface area (Å²) in [5, 5.41) is 0. The fraction of sp³-hybridized carbons (Fsp3) is 0.875. The molecule has 0 aromatic heterocycles. The average molecular weight is 159 g/mol. The first kappa shape index (κ1) is 8.97. The molecule has 3 nitrogen and oxygen atoms in total. The zero-order chi connectivity index (χ0) is 8.10. The van der Waals surface area contributed by atoms with E-state index in [-0.39, 0.29) is 6.29 Å². The summed E-state index contributed by atoms with van der Waals surface area (Å²) < 4.78 is 15.4. The van der Waals surface area contributed by atoms with Gasteiger partial charge < -0.3 is 14.2 Å². The molecule has 11 heavy (non-hydrogen) atoms. The Labute approximate surface area is 67.6 Å².